The van der Waals surface area contributed by atoms with Crippen molar-refractivity contribution in [2.75, 3.05) is 0 Å². The third-order valence-electron chi connectivity index (χ3n) is 1.40. The monoisotopic (exact) mass is 202 g/mol. The van der Waals surface area contributed by atoms with E-state index >= 15 is 0 Å². The molecule has 13 heavy (non-hydrogen) atoms. The molecule has 0 spiro atoms. The average Bonchev–Trinajstić information content (AvgIpc) is 2.06. The van der Waals surface area contributed by atoms with Gasteiger partial charge in [-0.25, -0.2) is 4.79 Å². The topological polar surface area (TPSA) is 46.5 Å². The molecule has 0 bridgehead atoms. The SMILES string of the molecule is CC(Oc1ccccc1)C(=O)O.Cl. The van der Waals surface area contributed by atoms with Crippen LogP contribution < -0.4 is 4.74 Å². The summed E-state index contributed by atoms with van der Waals surface area (Å²) in [6.45, 7) is 1.50. The van der Waals surface area contributed by atoms with Gasteiger partial charge in [-0.2, -0.15) is 0 Å². The van der Waals surface area contributed by atoms with Gasteiger partial charge in [-0.15, -0.1) is 12.4 Å². The van der Waals surface area contributed by atoms with E-state index in [1.54, 1.807) is 24.3 Å². The van der Waals surface area contributed by atoms with Crippen LogP contribution in [-0.4, -0.2) is 17.2 Å². The van der Waals surface area contributed by atoms with Gasteiger partial charge in [0.05, 0.1) is 0 Å². The lowest BCUT2D eigenvalue weighted by Crippen LogP contribution is -2.22. The van der Waals surface area contributed by atoms with E-state index in [0.29, 0.717) is 5.75 Å². The van der Waals surface area contributed by atoms with E-state index in [0.717, 1.165) is 0 Å². The summed E-state index contributed by atoms with van der Waals surface area (Å²) in [7, 11) is 0. The molecule has 0 radical (unpaired) electrons. The number of ether oxygens (including phenoxy) is 1. The lowest BCUT2D eigenvalue weighted by Gasteiger charge is -2.09. The zero-order valence-electron chi connectivity index (χ0n) is 7.14. The molecule has 1 unspecified atom stereocenters. The first-order valence-corrected chi connectivity index (χ1v) is 3.64. The molecule has 0 aliphatic carbocycles. The minimum absolute atomic E-state index is 0. The zero-order valence-corrected chi connectivity index (χ0v) is 7.95. The van der Waals surface area contributed by atoms with Crippen LogP contribution in [0.3, 0.4) is 0 Å². The molecular weight excluding hydrogens is 192 g/mol. The van der Waals surface area contributed by atoms with Crippen molar-refractivity contribution in [1.82, 2.24) is 0 Å². The summed E-state index contributed by atoms with van der Waals surface area (Å²) in [5.41, 5.74) is 0. The Hall–Kier alpha value is -1.22. The van der Waals surface area contributed by atoms with Crippen LogP contribution in [0.1, 0.15) is 6.92 Å². The fourth-order valence-corrected chi connectivity index (χ4v) is 0.754. The van der Waals surface area contributed by atoms with Gasteiger partial charge < -0.3 is 9.84 Å². The Morgan fingerprint density at radius 1 is 1.38 bits per heavy atom. The Kier molecular flexibility index (Phi) is 4.92. The van der Waals surface area contributed by atoms with Gasteiger partial charge >= 0.3 is 5.97 Å². The molecule has 4 heteroatoms. The second kappa shape index (κ2) is 5.43. The fourth-order valence-electron chi connectivity index (χ4n) is 0.754. The average molecular weight is 203 g/mol. The van der Waals surface area contributed by atoms with Crippen molar-refractivity contribution >= 4 is 18.4 Å². The van der Waals surface area contributed by atoms with E-state index in [1.807, 2.05) is 6.07 Å². The minimum atomic E-state index is -0.959. The van der Waals surface area contributed by atoms with Gasteiger partial charge in [0.2, 0.25) is 0 Å². The Morgan fingerprint density at radius 2 is 1.92 bits per heavy atom. The number of benzene rings is 1. The maximum atomic E-state index is 10.4. The van der Waals surface area contributed by atoms with Gasteiger partial charge in [0.15, 0.2) is 6.10 Å². The van der Waals surface area contributed by atoms with Gasteiger partial charge in [0.25, 0.3) is 0 Å². The number of rotatable bonds is 3. The summed E-state index contributed by atoms with van der Waals surface area (Å²) < 4.78 is 5.08. The number of para-hydroxylation sites is 1. The summed E-state index contributed by atoms with van der Waals surface area (Å²) in [5, 5.41) is 8.52. The first-order valence-electron chi connectivity index (χ1n) is 3.64. The number of halogens is 1. The van der Waals surface area contributed by atoms with E-state index in [2.05, 4.69) is 0 Å². The Morgan fingerprint density at radius 3 is 2.38 bits per heavy atom. The molecule has 0 saturated carbocycles. The molecule has 0 aliphatic rings. The van der Waals surface area contributed by atoms with E-state index < -0.39 is 12.1 Å². The number of carboxylic acid groups (broad SMARTS) is 1. The smallest absolute Gasteiger partial charge is 0.344 e. The summed E-state index contributed by atoms with van der Waals surface area (Å²) in [6.07, 6.45) is -0.799. The molecule has 1 atom stereocenters. The van der Waals surface area contributed by atoms with Crippen molar-refractivity contribution in [1.29, 1.82) is 0 Å². The first kappa shape index (κ1) is 11.8. The van der Waals surface area contributed by atoms with Crippen molar-refractivity contribution in [2.24, 2.45) is 0 Å². The second-order valence-electron chi connectivity index (χ2n) is 2.41. The predicted octanol–water partition coefficient (Wildman–Crippen LogP) is 1.96. The molecule has 0 amide bonds. The number of hydrogen-bond donors (Lipinski definition) is 1. The molecule has 0 fully saturated rings. The normalized spacial score (nSPS) is 11.2. The number of aliphatic carboxylic acids is 1. The van der Waals surface area contributed by atoms with Crippen LogP contribution in [0.15, 0.2) is 30.3 Å². The molecule has 1 aromatic rings. The van der Waals surface area contributed by atoms with Crippen molar-refractivity contribution in [3.8, 4) is 5.75 Å². The highest BCUT2D eigenvalue weighted by atomic mass is 35.5. The Balaban J connectivity index is 0.00000144. The Labute approximate surface area is 82.7 Å². The summed E-state index contributed by atoms with van der Waals surface area (Å²) in [6, 6.07) is 8.88. The molecule has 0 aliphatic heterocycles. The number of carbonyl (C=O) groups is 1. The van der Waals surface area contributed by atoms with Crippen LogP contribution >= 0.6 is 12.4 Å². The van der Waals surface area contributed by atoms with Gasteiger partial charge in [-0.05, 0) is 19.1 Å². The molecule has 0 saturated heterocycles. The highest BCUT2D eigenvalue weighted by molar-refractivity contribution is 5.85. The van der Waals surface area contributed by atoms with E-state index in [4.69, 9.17) is 9.84 Å². The van der Waals surface area contributed by atoms with Crippen molar-refractivity contribution in [3.05, 3.63) is 30.3 Å². The highest BCUT2D eigenvalue weighted by Crippen LogP contribution is 2.10. The van der Waals surface area contributed by atoms with Gasteiger partial charge in [0.1, 0.15) is 5.75 Å². The number of carboxylic acids is 1. The van der Waals surface area contributed by atoms with Crippen LogP contribution in [0.2, 0.25) is 0 Å². The standard InChI is InChI=1S/C9H10O3.ClH/c1-7(9(10)11)12-8-5-3-2-4-6-8;/h2-7H,1H3,(H,10,11);1H. The maximum absolute atomic E-state index is 10.4. The Bertz CT molecular complexity index is 261. The molecule has 72 valence electrons. The molecule has 1 N–H and O–H groups in total. The van der Waals surface area contributed by atoms with Crippen LogP contribution in [-0.2, 0) is 4.79 Å². The second-order valence-corrected chi connectivity index (χ2v) is 2.41. The van der Waals surface area contributed by atoms with Crippen LogP contribution in [0.25, 0.3) is 0 Å². The molecular formula is C9H11ClO3. The van der Waals surface area contributed by atoms with Crippen LogP contribution in [0.5, 0.6) is 5.75 Å². The molecule has 1 rings (SSSR count). The molecule has 1 aromatic carbocycles. The zero-order chi connectivity index (χ0) is 8.97. The quantitative estimate of drug-likeness (QED) is 0.815. The molecule has 0 aromatic heterocycles. The summed E-state index contributed by atoms with van der Waals surface area (Å²) in [5.74, 6) is -0.383. The lowest BCUT2D eigenvalue weighted by atomic mass is 10.3. The van der Waals surface area contributed by atoms with Crippen molar-refractivity contribution in [2.45, 2.75) is 13.0 Å². The predicted molar refractivity (Wildman–Crippen MR) is 51.4 cm³/mol. The third-order valence-corrected chi connectivity index (χ3v) is 1.40. The molecule has 3 nitrogen and oxygen atoms in total. The van der Waals surface area contributed by atoms with Crippen LogP contribution in [0.4, 0.5) is 0 Å². The van der Waals surface area contributed by atoms with E-state index in [-0.39, 0.29) is 12.4 Å². The third kappa shape index (κ3) is 3.80. The van der Waals surface area contributed by atoms with Crippen molar-refractivity contribution in [3.63, 3.8) is 0 Å². The number of hydrogen-bond acceptors (Lipinski definition) is 2. The first-order chi connectivity index (χ1) is 5.70. The van der Waals surface area contributed by atoms with Gasteiger partial charge in [-0.1, -0.05) is 18.2 Å². The van der Waals surface area contributed by atoms with E-state index in [1.165, 1.54) is 6.92 Å². The summed E-state index contributed by atoms with van der Waals surface area (Å²) >= 11 is 0. The maximum Gasteiger partial charge on any atom is 0.344 e. The van der Waals surface area contributed by atoms with Gasteiger partial charge in [-0.3, -0.25) is 0 Å². The lowest BCUT2D eigenvalue weighted by molar-refractivity contribution is -0.144. The van der Waals surface area contributed by atoms with Crippen LogP contribution in [0, 0.1) is 0 Å². The van der Waals surface area contributed by atoms with Crippen molar-refractivity contribution < 1.29 is 14.6 Å². The molecule has 0 heterocycles. The minimum Gasteiger partial charge on any atom is -0.479 e. The van der Waals surface area contributed by atoms with Gasteiger partial charge in [0, 0.05) is 0 Å². The van der Waals surface area contributed by atoms with E-state index in [9.17, 15) is 4.79 Å². The fraction of sp³-hybridized carbons (Fsp3) is 0.222. The summed E-state index contributed by atoms with van der Waals surface area (Å²) in [4.78, 5) is 10.4. The largest absolute Gasteiger partial charge is 0.479 e. The highest BCUT2D eigenvalue weighted by Gasteiger charge is 2.11.